The summed E-state index contributed by atoms with van der Waals surface area (Å²) in [6.07, 6.45) is 2.94. The number of rotatable bonds is 4. The first-order valence-corrected chi connectivity index (χ1v) is 6.76. The Morgan fingerprint density at radius 2 is 2.32 bits per heavy atom. The summed E-state index contributed by atoms with van der Waals surface area (Å²) in [6, 6.07) is 6.20. The van der Waals surface area contributed by atoms with Gasteiger partial charge in [0.25, 0.3) is 0 Å². The van der Waals surface area contributed by atoms with E-state index in [1.54, 1.807) is 7.11 Å². The second kappa shape index (κ2) is 5.05. The standard InChI is InChI=1S/C15H19N3O/c1-19-10-4-5-11-12-6-8-17-13(3-2-7-16)15(12)18-14(11)9-10/h4-5,9,18H,2-3,6-8,16H2,1H3. The van der Waals surface area contributed by atoms with Crippen LogP contribution in [-0.2, 0) is 6.42 Å². The van der Waals surface area contributed by atoms with E-state index < -0.39 is 0 Å². The quantitative estimate of drug-likeness (QED) is 0.882. The molecule has 0 fully saturated rings. The summed E-state index contributed by atoms with van der Waals surface area (Å²) in [4.78, 5) is 8.14. The Balaban J connectivity index is 2.06. The number of ether oxygens (including phenoxy) is 1. The zero-order valence-corrected chi connectivity index (χ0v) is 11.2. The van der Waals surface area contributed by atoms with E-state index in [1.165, 1.54) is 22.4 Å². The zero-order chi connectivity index (χ0) is 13.2. The zero-order valence-electron chi connectivity index (χ0n) is 11.2. The second-order valence-corrected chi connectivity index (χ2v) is 4.86. The number of aliphatic imine (C=N–C) groups is 1. The summed E-state index contributed by atoms with van der Waals surface area (Å²) in [5.41, 5.74) is 10.5. The summed E-state index contributed by atoms with van der Waals surface area (Å²) < 4.78 is 5.28. The van der Waals surface area contributed by atoms with Gasteiger partial charge in [-0.2, -0.15) is 0 Å². The van der Waals surface area contributed by atoms with Gasteiger partial charge in [-0.05, 0) is 43.5 Å². The fourth-order valence-corrected chi connectivity index (χ4v) is 2.72. The van der Waals surface area contributed by atoms with Crippen LogP contribution in [0.25, 0.3) is 10.9 Å². The maximum Gasteiger partial charge on any atom is 0.120 e. The van der Waals surface area contributed by atoms with Crippen LogP contribution in [0, 0.1) is 0 Å². The van der Waals surface area contributed by atoms with Crippen molar-refractivity contribution < 1.29 is 4.74 Å². The maximum atomic E-state index is 5.60. The largest absolute Gasteiger partial charge is 0.497 e. The van der Waals surface area contributed by atoms with Crippen molar-refractivity contribution in [1.29, 1.82) is 0 Å². The van der Waals surface area contributed by atoms with Crippen molar-refractivity contribution in [2.45, 2.75) is 19.3 Å². The van der Waals surface area contributed by atoms with E-state index in [4.69, 9.17) is 10.5 Å². The fourth-order valence-electron chi connectivity index (χ4n) is 2.72. The molecule has 100 valence electrons. The second-order valence-electron chi connectivity index (χ2n) is 4.86. The van der Waals surface area contributed by atoms with E-state index in [9.17, 15) is 0 Å². The molecule has 0 atom stereocenters. The van der Waals surface area contributed by atoms with Crippen LogP contribution in [0.4, 0.5) is 0 Å². The van der Waals surface area contributed by atoms with Gasteiger partial charge in [0.15, 0.2) is 0 Å². The van der Waals surface area contributed by atoms with Crippen LogP contribution < -0.4 is 10.5 Å². The van der Waals surface area contributed by atoms with Crippen LogP contribution >= 0.6 is 0 Å². The molecule has 0 amide bonds. The molecule has 1 aromatic carbocycles. The normalized spacial score (nSPS) is 14.3. The number of aromatic nitrogens is 1. The lowest BCUT2D eigenvalue weighted by molar-refractivity contribution is 0.415. The van der Waals surface area contributed by atoms with E-state index in [-0.39, 0.29) is 0 Å². The first kappa shape index (κ1) is 12.2. The Kier molecular flexibility index (Phi) is 3.25. The molecule has 0 saturated heterocycles. The molecule has 3 rings (SSSR count). The number of hydrogen-bond acceptors (Lipinski definition) is 3. The van der Waals surface area contributed by atoms with Crippen LogP contribution in [0.15, 0.2) is 23.2 Å². The summed E-state index contributed by atoms with van der Waals surface area (Å²) in [7, 11) is 1.69. The predicted molar refractivity (Wildman–Crippen MR) is 78.2 cm³/mol. The van der Waals surface area contributed by atoms with Crippen LogP contribution in [-0.4, -0.2) is 30.9 Å². The number of fused-ring (bicyclic) bond motifs is 3. The smallest absolute Gasteiger partial charge is 0.120 e. The molecule has 1 aliphatic rings. The third-order valence-electron chi connectivity index (χ3n) is 3.68. The van der Waals surface area contributed by atoms with Gasteiger partial charge in [-0.3, -0.25) is 4.99 Å². The van der Waals surface area contributed by atoms with Crippen molar-refractivity contribution in [3.63, 3.8) is 0 Å². The number of benzene rings is 1. The SMILES string of the molecule is COc1ccc2c3c([nH]c2c1)C(CCCN)=NCC3. The maximum absolute atomic E-state index is 5.60. The number of nitrogens with two attached hydrogens (primary N) is 1. The molecule has 19 heavy (non-hydrogen) atoms. The van der Waals surface area contributed by atoms with E-state index in [1.807, 2.05) is 12.1 Å². The van der Waals surface area contributed by atoms with Gasteiger partial charge in [0.05, 0.1) is 18.5 Å². The summed E-state index contributed by atoms with van der Waals surface area (Å²) in [6.45, 7) is 1.59. The predicted octanol–water partition coefficient (Wildman–Crippen LogP) is 2.26. The molecule has 3 N–H and O–H groups in total. The highest BCUT2D eigenvalue weighted by Crippen LogP contribution is 2.29. The van der Waals surface area contributed by atoms with Crippen molar-refractivity contribution in [2.24, 2.45) is 10.7 Å². The molecule has 0 saturated carbocycles. The number of methoxy groups -OCH3 is 1. The lowest BCUT2D eigenvalue weighted by Gasteiger charge is -2.12. The Morgan fingerprint density at radius 3 is 3.11 bits per heavy atom. The molecule has 1 aromatic heterocycles. The number of aromatic amines is 1. The highest BCUT2D eigenvalue weighted by atomic mass is 16.5. The summed E-state index contributed by atoms with van der Waals surface area (Å²) >= 11 is 0. The highest BCUT2D eigenvalue weighted by Gasteiger charge is 2.19. The van der Waals surface area contributed by atoms with Gasteiger partial charge in [-0.15, -0.1) is 0 Å². The molecule has 1 aliphatic heterocycles. The van der Waals surface area contributed by atoms with Crippen molar-refractivity contribution in [3.8, 4) is 5.75 Å². The molecule has 0 unspecified atom stereocenters. The topological polar surface area (TPSA) is 63.4 Å². The third-order valence-corrected chi connectivity index (χ3v) is 3.68. The minimum Gasteiger partial charge on any atom is -0.497 e. The number of H-pyrrole nitrogens is 1. The Labute approximate surface area is 112 Å². The fraction of sp³-hybridized carbons (Fsp3) is 0.400. The number of nitrogens with zero attached hydrogens (tertiary/aromatic N) is 1. The number of nitrogens with one attached hydrogen (secondary N) is 1. The van der Waals surface area contributed by atoms with E-state index >= 15 is 0 Å². The Bertz CT molecular complexity index is 628. The molecule has 0 radical (unpaired) electrons. The third kappa shape index (κ3) is 2.12. The molecule has 4 nitrogen and oxygen atoms in total. The Morgan fingerprint density at radius 1 is 1.42 bits per heavy atom. The molecule has 4 heteroatoms. The van der Waals surface area contributed by atoms with Gasteiger partial charge in [-0.25, -0.2) is 0 Å². The van der Waals surface area contributed by atoms with Crippen LogP contribution in [0.3, 0.4) is 0 Å². The van der Waals surface area contributed by atoms with Gasteiger partial charge < -0.3 is 15.5 Å². The van der Waals surface area contributed by atoms with Gasteiger partial charge in [0.1, 0.15) is 5.75 Å². The first-order chi connectivity index (χ1) is 9.33. The van der Waals surface area contributed by atoms with Crippen molar-refractivity contribution in [3.05, 3.63) is 29.5 Å². The van der Waals surface area contributed by atoms with Gasteiger partial charge in [0, 0.05) is 23.5 Å². The van der Waals surface area contributed by atoms with Crippen LogP contribution in [0.1, 0.15) is 24.1 Å². The average Bonchev–Trinajstić information content (AvgIpc) is 2.83. The lowest BCUT2D eigenvalue weighted by Crippen LogP contribution is -2.14. The number of hydrogen-bond donors (Lipinski definition) is 2. The molecule has 0 bridgehead atoms. The van der Waals surface area contributed by atoms with E-state index in [0.717, 1.165) is 37.1 Å². The lowest BCUT2D eigenvalue weighted by atomic mass is 10.00. The molecule has 0 spiro atoms. The molecular weight excluding hydrogens is 238 g/mol. The average molecular weight is 257 g/mol. The van der Waals surface area contributed by atoms with Crippen molar-refractivity contribution >= 4 is 16.6 Å². The molecule has 2 heterocycles. The minimum absolute atomic E-state index is 0.711. The highest BCUT2D eigenvalue weighted by molar-refractivity contribution is 6.06. The van der Waals surface area contributed by atoms with E-state index in [2.05, 4.69) is 16.0 Å². The van der Waals surface area contributed by atoms with Crippen LogP contribution in [0.5, 0.6) is 5.75 Å². The monoisotopic (exact) mass is 257 g/mol. The minimum atomic E-state index is 0.711. The van der Waals surface area contributed by atoms with Gasteiger partial charge in [0.2, 0.25) is 0 Å². The van der Waals surface area contributed by atoms with E-state index in [0.29, 0.717) is 6.54 Å². The summed E-state index contributed by atoms with van der Waals surface area (Å²) in [5, 5.41) is 1.29. The molecule has 0 aliphatic carbocycles. The summed E-state index contributed by atoms with van der Waals surface area (Å²) in [5.74, 6) is 0.881. The Hall–Kier alpha value is -1.81. The van der Waals surface area contributed by atoms with Crippen molar-refractivity contribution in [2.75, 3.05) is 20.2 Å². The molecular formula is C15H19N3O. The van der Waals surface area contributed by atoms with Gasteiger partial charge >= 0.3 is 0 Å². The van der Waals surface area contributed by atoms with Gasteiger partial charge in [-0.1, -0.05) is 0 Å². The van der Waals surface area contributed by atoms with Crippen LogP contribution in [0.2, 0.25) is 0 Å². The molecule has 2 aromatic rings. The first-order valence-electron chi connectivity index (χ1n) is 6.76. The van der Waals surface area contributed by atoms with Crippen molar-refractivity contribution in [1.82, 2.24) is 4.98 Å².